The second-order valence-corrected chi connectivity index (χ2v) is 4.58. The summed E-state index contributed by atoms with van der Waals surface area (Å²) in [6, 6.07) is 4.50. The van der Waals surface area contributed by atoms with Crippen molar-refractivity contribution in [1.29, 1.82) is 0 Å². The molecule has 1 saturated heterocycles. The zero-order valence-electron chi connectivity index (χ0n) is 11.3. The molecule has 1 aliphatic rings. The van der Waals surface area contributed by atoms with Gasteiger partial charge in [-0.05, 0) is 18.5 Å². The van der Waals surface area contributed by atoms with E-state index in [1.165, 1.54) is 9.13 Å². The van der Waals surface area contributed by atoms with Gasteiger partial charge in [-0.15, -0.1) is 0 Å². The molecule has 0 saturated carbocycles. The summed E-state index contributed by atoms with van der Waals surface area (Å²) in [6.07, 6.45) is 0.506. The van der Waals surface area contributed by atoms with Crippen molar-refractivity contribution in [2.45, 2.75) is 18.9 Å². The van der Waals surface area contributed by atoms with E-state index in [1.807, 2.05) is 0 Å². The zero-order valence-corrected chi connectivity index (χ0v) is 10.3. The molecule has 2 heterocycles. The van der Waals surface area contributed by atoms with E-state index >= 15 is 0 Å². The highest BCUT2D eigenvalue weighted by Crippen LogP contribution is 2.22. The Balaban J connectivity index is 2.25. The van der Waals surface area contributed by atoms with Crippen LogP contribution in [0.3, 0.4) is 0 Å². The number of rotatable bonds is 1. The lowest BCUT2D eigenvalue weighted by Gasteiger charge is -2.21. The van der Waals surface area contributed by atoms with Gasteiger partial charge in [-0.1, -0.05) is 12.1 Å². The number of amides is 2. The molecule has 6 heteroatoms. The van der Waals surface area contributed by atoms with E-state index < -0.39 is 11.9 Å². The maximum atomic E-state index is 12.3. The molecule has 6 nitrogen and oxygen atoms in total. The third-order valence-corrected chi connectivity index (χ3v) is 3.42. The summed E-state index contributed by atoms with van der Waals surface area (Å²) in [6.45, 7) is 0. The van der Waals surface area contributed by atoms with E-state index in [0.717, 1.165) is 0 Å². The monoisotopic (exact) mass is 260 g/mol. The Morgan fingerprint density at radius 3 is 2.84 bits per heavy atom. The summed E-state index contributed by atoms with van der Waals surface area (Å²) in [5, 5.41) is 2.25. The Labute approximate surface area is 110 Å². The van der Waals surface area contributed by atoms with Gasteiger partial charge < -0.3 is 0 Å². The van der Waals surface area contributed by atoms with Crippen LogP contribution in [0.1, 0.15) is 20.3 Å². The van der Waals surface area contributed by atoms with Crippen LogP contribution in [0.4, 0.5) is 0 Å². The van der Waals surface area contributed by atoms with E-state index in [4.69, 9.17) is 1.37 Å². The molecule has 2 aromatic rings. The molecule has 0 radical (unpaired) electrons. The lowest BCUT2D eigenvalue weighted by molar-refractivity contribution is -0.135. The van der Waals surface area contributed by atoms with E-state index in [-0.39, 0.29) is 24.1 Å². The van der Waals surface area contributed by atoms with Crippen LogP contribution in [0.15, 0.2) is 29.0 Å². The topological polar surface area (TPSA) is 73.1 Å². The highest BCUT2D eigenvalue weighted by molar-refractivity contribution is 6.00. The second kappa shape index (κ2) is 4.08. The third-order valence-electron chi connectivity index (χ3n) is 3.42. The van der Waals surface area contributed by atoms with E-state index in [2.05, 4.69) is 5.32 Å². The number of aromatic nitrogens is 2. The van der Waals surface area contributed by atoms with Gasteiger partial charge >= 0.3 is 5.69 Å². The maximum absolute atomic E-state index is 12.3. The number of piperidine rings is 1. The Morgan fingerprint density at radius 1 is 1.32 bits per heavy atom. The molecule has 98 valence electrons. The first kappa shape index (κ1) is 10.5. The molecule has 0 bridgehead atoms. The molecule has 2 amide bonds. The number of benzene rings is 1. The number of carbonyl (C=O) groups excluding carboxylic acids is 2. The average Bonchev–Trinajstić information content (AvgIpc) is 2.64. The van der Waals surface area contributed by atoms with Crippen molar-refractivity contribution in [2.24, 2.45) is 7.05 Å². The van der Waals surface area contributed by atoms with Gasteiger partial charge in [-0.3, -0.25) is 24.0 Å². The van der Waals surface area contributed by atoms with Crippen molar-refractivity contribution >= 4 is 22.8 Å². The van der Waals surface area contributed by atoms with Gasteiger partial charge in [0.05, 0.1) is 12.4 Å². The van der Waals surface area contributed by atoms with Gasteiger partial charge in [0.2, 0.25) is 11.8 Å². The SMILES string of the molecule is [2H]c1cccc2c1n(C)c(=O)n2[C@@H]1CCC(=O)NC1=O. The quantitative estimate of drug-likeness (QED) is 0.750. The van der Waals surface area contributed by atoms with Crippen LogP contribution in [-0.2, 0) is 16.6 Å². The number of nitrogens with one attached hydrogen (secondary N) is 1. The molecule has 1 aromatic heterocycles. The predicted octanol–water partition coefficient (Wildman–Crippen LogP) is 0.318. The number of para-hydroxylation sites is 2. The first-order valence-electron chi connectivity index (χ1n) is 6.51. The molecule has 1 aromatic carbocycles. The first-order valence-corrected chi connectivity index (χ1v) is 6.01. The maximum Gasteiger partial charge on any atom is 0.329 e. The van der Waals surface area contributed by atoms with E-state index in [1.54, 1.807) is 25.2 Å². The van der Waals surface area contributed by atoms with E-state index in [0.29, 0.717) is 17.5 Å². The van der Waals surface area contributed by atoms with Crippen molar-refractivity contribution in [1.82, 2.24) is 14.5 Å². The van der Waals surface area contributed by atoms with Crippen LogP contribution in [0, 0.1) is 0 Å². The normalized spacial score (nSPS) is 20.5. The van der Waals surface area contributed by atoms with Crippen LogP contribution in [0.2, 0.25) is 0 Å². The largest absolute Gasteiger partial charge is 0.329 e. The van der Waals surface area contributed by atoms with Gasteiger partial charge in [0, 0.05) is 13.5 Å². The van der Waals surface area contributed by atoms with Crippen molar-refractivity contribution in [3.05, 3.63) is 34.7 Å². The van der Waals surface area contributed by atoms with Crippen molar-refractivity contribution < 1.29 is 11.0 Å². The highest BCUT2D eigenvalue weighted by Gasteiger charge is 2.30. The van der Waals surface area contributed by atoms with Gasteiger partial charge in [-0.2, -0.15) is 0 Å². The highest BCUT2D eigenvalue weighted by atomic mass is 16.2. The van der Waals surface area contributed by atoms with Crippen molar-refractivity contribution in [2.75, 3.05) is 0 Å². The number of nitrogens with zero attached hydrogens (tertiary/aromatic N) is 2. The number of imide groups is 1. The summed E-state index contributed by atoms with van der Waals surface area (Å²) >= 11 is 0. The number of aryl methyl sites for hydroxylation is 1. The lowest BCUT2D eigenvalue weighted by Crippen LogP contribution is -2.44. The average molecular weight is 260 g/mol. The molecule has 3 rings (SSSR count). The fourth-order valence-electron chi connectivity index (χ4n) is 2.47. The van der Waals surface area contributed by atoms with Gasteiger partial charge in [0.15, 0.2) is 0 Å². The molecule has 0 unspecified atom stereocenters. The molecule has 19 heavy (non-hydrogen) atoms. The number of fused-ring (bicyclic) bond motifs is 1. The van der Waals surface area contributed by atoms with Crippen LogP contribution in [0.25, 0.3) is 11.0 Å². The first-order chi connectivity index (χ1) is 9.50. The number of hydrogen-bond acceptors (Lipinski definition) is 3. The second-order valence-electron chi connectivity index (χ2n) is 4.58. The third kappa shape index (κ3) is 1.68. The lowest BCUT2D eigenvalue weighted by atomic mass is 10.1. The fraction of sp³-hybridized carbons (Fsp3) is 0.308. The minimum Gasteiger partial charge on any atom is -0.295 e. The van der Waals surface area contributed by atoms with Gasteiger partial charge in [0.1, 0.15) is 6.04 Å². The smallest absolute Gasteiger partial charge is 0.295 e. The van der Waals surface area contributed by atoms with Gasteiger partial charge in [0.25, 0.3) is 0 Å². The molecular formula is C13H13N3O3. The van der Waals surface area contributed by atoms with Crippen LogP contribution < -0.4 is 11.0 Å². The Hall–Kier alpha value is -2.37. The van der Waals surface area contributed by atoms with Crippen molar-refractivity contribution in [3.63, 3.8) is 0 Å². The summed E-state index contributed by atoms with van der Waals surface area (Å²) in [7, 11) is 1.57. The Bertz CT molecular complexity index is 790. The Morgan fingerprint density at radius 2 is 2.11 bits per heavy atom. The number of hydrogen-bond donors (Lipinski definition) is 1. The summed E-state index contributed by atoms with van der Waals surface area (Å²) in [5.41, 5.74) is 0.677. The molecule has 1 fully saturated rings. The Kier molecular flexibility index (Phi) is 2.26. The van der Waals surface area contributed by atoms with E-state index in [9.17, 15) is 14.4 Å². The molecule has 0 spiro atoms. The molecule has 1 N–H and O–H groups in total. The predicted molar refractivity (Wildman–Crippen MR) is 68.6 cm³/mol. The van der Waals surface area contributed by atoms with Crippen LogP contribution in [-0.4, -0.2) is 20.9 Å². The molecular weight excluding hydrogens is 246 g/mol. The fourth-order valence-corrected chi connectivity index (χ4v) is 2.47. The minimum atomic E-state index is -0.703. The van der Waals surface area contributed by atoms with Gasteiger partial charge in [-0.25, -0.2) is 4.79 Å². The van der Waals surface area contributed by atoms with Crippen molar-refractivity contribution in [3.8, 4) is 0 Å². The van der Waals surface area contributed by atoms with Crippen LogP contribution >= 0.6 is 0 Å². The summed E-state index contributed by atoms with van der Waals surface area (Å²) in [4.78, 5) is 35.5. The standard InChI is InChI=1S/C13H13N3O3/c1-15-8-4-2-3-5-9(8)16(13(15)19)10-6-7-11(17)14-12(10)18/h2-5,10H,6-7H2,1H3,(H,14,17,18)/t10-/m1/s1/i4D. The molecule has 1 atom stereocenters. The number of imidazole rings is 1. The zero-order chi connectivity index (χ0) is 14.4. The van der Waals surface area contributed by atoms with Crippen LogP contribution in [0.5, 0.6) is 0 Å². The molecule has 0 aliphatic carbocycles. The minimum absolute atomic E-state index is 0.208. The number of carbonyl (C=O) groups is 2. The summed E-state index contributed by atoms with van der Waals surface area (Å²) in [5.74, 6) is -0.785. The summed E-state index contributed by atoms with van der Waals surface area (Å²) < 4.78 is 10.6. The molecule has 1 aliphatic heterocycles.